The molecule has 20 heavy (non-hydrogen) atoms. The molecule has 4 heteroatoms. The molecule has 0 spiro atoms. The second-order valence-electron chi connectivity index (χ2n) is 5.51. The van der Waals surface area contributed by atoms with Crippen LogP contribution in [0.15, 0.2) is 18.2 Å². The number of amides is 1. The molecule has 0 radical (unpaired) electrons. The smallest absolute Gasteiger partial charge is 0.260 e. The summed E-state index contributed by atoms with van der Waals surface area (Å²) >= 11 is 0. The van der Waals surface area contributed by atoms with Gasteiger partial charge in [0.15, 0.2) is 6.61 Å². The van der Waals surface area contributed by atoms with E-state index in [2.05, 4.69) is 0 Å². The Kier molecular flexibility index (Phi) is 4.65. The molecule has 4 nitrogen and oxygen atoms in total. The second kappa shape index (κ2) is 6.27. The number of hydrogen-bond acceptors (Lipinski definition) is 3. The molecule has 1 aromatic rings. The van der Waals surface area contributed by atoms with Gasteiger partial charge in [-0.05, 0) is 50.8 Å². The van der Waals surface area contributed by atoms with Crippen LogP contribution in [0.1, 0.15) is 43.9 Å². The minimum atomic E-state index is 0.00910. The lowest BCUT2D eigenvalue weighted by atomic mass is 10.1. The van der Waals surface area contributed by atoms with Crippen LogP contribution in [-0.2, 0) is 4.79 Å². The van der Waals surface area contributed by atoms with Crippen molar-refractivity contribution in [3.05, 3.63) is 29.3 Å². The summed E-state index contributed by atoms with van der Waals surface area (Å²) < 4.78 is 5.66. The molecule has 2 rings (SSSR count). The first kappa shape index (κ1) is 14.9. The van der Waals surface area contributed by atoms with Crippen molar-refractivity contribution in [3.8, 4) is 5.75 Å². The number of aryl methyl sites for hydroxylation is 1. The largest absolute Gasteiger partial charge is 0.484 e. The monoisotopic (exact) mass is 276 g/mol. The molecule has 0 bridgehead atoms. The molecule has 1 atom stereocenters. The molecule has 1 amide bonds. The van der Waals surface area contributed by atoms with Crippen molar-refractivity contribution in [2.45, 2.75) is 45.7 Å². The van der Waals surface area contributed by atoms with E-state index in [1.54, 1.807) is 0 Å². The summed E-state index contributed by atoms with van der Waals surface area (Å²) in [6.45, 7) is 6.81. The molecule has 1 aliphatic carbocycles. The van der Waals surface area contributed by atoms with Crippen LogP contribution in [0.3, 0.4) is 0 Å². The Labute approximate surface area is 120 Å². The van der Waals surface area contributed by atoms with Gasteiger partial charge in [-0.1, -0.05) is 12.1 Å². The van der Waals surface area contributed by atoms with E-state index in [0.29, 0.717) is 6.04 Å². The van der Waals surface area contributed by atoms with Gasteiger partial charge in [-0.2, -0.15) is 0 Å². The number of benzene rings is 1. The summed E-state index contributed by atoms with van der Waals surface area (Å²) in [7, 11) is 0. The van der Waals surface area contributed by atoms with Gasteiger partial charge in [-0.15, -0.1) is 0 Å². The number of nitrogens with two attached hydrogens (primary N) is 1. The third kappa shape index (κ3) is 3.51. The SMILES string of the molecule is CCN(C(=O)COc1ccc([C@H](C)N)cc1C)C1CC1. The highest BCUT2D eigenvalue weighted by atomic mass is 16.5. The summed E-state index contributed by atoms with van der Waals surface area (Å²) in [5, 5.41) is 0. The van der Waals surface area contributed by atoms with E-state index in [4.69, 9.17) is 10.5 Å². The zero-order valence-corrected chi connectivity index (χ0v) is 12.6. The average molecular weight is 276 g/mol. The fraction of sp³-hybridized carbons (Fsp3) is 0.562. The molecule has 2 N–H and O–H groups in total. The minimum absolute atomic E-state index is 0.00910. The van der Waals surface area contributed by atoms with Crippen LogP contribution in [0.4, 0.5) is 0 Å². The fourth-order valence-corrected chi connectivity index (χ4v) is 2.36. The van der Waals surface area contributed by atoms with Crippen LogP contribution >= 0.6 is 0 Å². The first-order valence-electron chi connectivity index (χ1n) is 7.31. The highest BCUT2D eigenvalue weighted by molar-refractivity contribution is 5.78. The number of hydrogen-bond donors (Lipinski definition) is 1. The van der Waals surface area contributed by atoms with Gasteiger partial charge in [-0.25, -0.2) is 0 Å². The summed E-state index contributed by atoms with van der Waals surface area (Å²) in [6.07, 6.45) is 2.25. The van der Waals surface area contributed by atoms with E-state index in [-0.39, 0.29) is 18.6 Å². The van der Waals surface area contributed by atoms with Gasteiger partial charge in [0.2, 0.25) is 0 Å². The van der Waals surface area contributed by atoms with Crippen molar-refractivity contribution in [1.82, 2.24) is 4.90 Å². The van der Waals surface area contributed by atoms with Gasteiger partial charge in [0, 0.05) is 18.6 Å². The highest BCUT2D eigenvalue weighted by Crippen LogP contribution is 2.27. The number of rotatable bonds is 6. The molecule has 0 aliphatic heterocycles. The zero-order chi connectivity index (χ0) is 14.7. The van der Waals surface area contributed by atoms with Crippen molar-refractivity contribution in [2.24, 2.45) is 5.73 Å². The van der Waals surface area contributed by atoms with Crippen molar-refractivity contribution in [1.29, 1.82) is 0 Å². The van der Waals surface area contributed by atoms with Gasteiger partial charge >= 0.3 is 0 Å². The number of ether oxygens (including phenoxy) is 1. The van der Waals surface area contributed by atoms with Crippen LogP contribution in [0.5, 0.6) is 5.75 Å². The van der Waals surface area contributed by atoms with Crippen molar-refractivity contribution >= 4 is 5.91 Å². The molecule has 0 unspecified atom stereocenters. The predicted molar refractivity (Wildman–Crippen MR) is 79.7 cm³/mol. The van der Waals surface area contributed by atoms with Crippen LogP contribution in [-0.4, -0.2) is 30.0 Å². The first-order chi connectivity index (χ1) is 9.52. The Bertz CT molecular complexity index is 481. The van der Waals surface area contributed by atoms with E-state index in [1.807, 2.05) is 43.9 Å². The number of carbonyl (C=O) groups is 1. The van der Waals surface area contributed by atoms with Gasteiger partial charge in [-0.3, -0.25) is 4.79 Å². The zero-order valence-electron chi connectivity index (χ0n) is 12.6. The summed E-state index contributed by atoms with van der Waals surface area (Å²) in [6, 6.07) is 6.32. The summed E-state index contributed by atoms with van der Waals surface area (Å²) in [5.41, 5.74) is 7.95. The van der Waals surface area contributed by atoms with Crippen molar-refractivity contribution < 1.29 is 9.53 Å². The molecule has 1 saturated carbocycles. The van der Waals surface area contributed by atoms with Gasteiger partial charge in [0.05, 0.1) is 0 Å². The number of likely N-dealkylation sites (N-methyl/N-ethyl adjacent to an activating group) is 1. The lowest BCUT2D eigenvalue weighted by Crippen LogP contribution is -2.36. The predicted octanol–water partition coefficient (Wildman–Crippen LogP) is 2.40. The third-order valence-corrected chi connectivity index (χ3v) is 3.72. The topological polar surface area (TPSA) is 55.6 Å². The molecule has 1 fully saturated rings. The van der Waals surface area contributed by atoms with Crippen LogP contribution < -0.4 is 10.5 Å². The van der Waals surface area contributed by atoms with Gasteiger partial charge < -0.3 is 15.4 Å². The molecule has 1 aliphatic rings. The Morgan fingerprint density at radius 3 is 2.70 bits per heavy atom. The Balaban J connectivity index is 1.95. The average Bonchev–Trinajstić information content (AvgIpc) is 3.22. The lowest BCUT2D eigenvalue weighted by molar-refractivity contribution is -0.133. The molecular weight excluding hydrogens is 252 g/mol. The van der Waals surface area contributed by atoms with Crippen molar-refractivity contribution in [2.75, 3.05) is 13.2 Å². The van der Waals surface area contributed by atoms with E-state index >= 15 is 0 Å². The Morgan fingerprint density at radius 2 is 2.20 bits per heavy atom. The summed E-state index contributed by atoms with van der Waals surface area (Å²) in [4.78, 5) is 14.0. The molecule has 0 aromatic heterocycles. The molecule has 1 aromatic carbocycles. The minimum Gasteiger partial charge on any atom is -0.484 e. The summed E-state index contributed by atoms with van der Waals surface area (Å²) in [5.74, 6) is 0.834. The highest BCUT2D eigenvalue weighted by Gasteiger charge is 2.31. The third-order valence-electron chi connectivity index (χ3n) is 3.72. The van der Waals surface area contributed by atoms with E-state index in [9.17, 15) is 4.79 Å². The van der Waals surface area contributed by atoms with Crippen LogP contribution in [0, 0.1) is 6.92 Å². The Hall–Kier alpha value is -1.55. The standard InChI is InChI=1S/C16H24N2O2/c1-4-18(14-6-7-14)16(19)10-20-15-8-5-13(12(3)17)9-11(15)2/h5,8-9,12,14H,4,6-7,10,17H2,1-3H3/t12-/m0/s1. The maximum atomic E-state index is 12.1. The van der Waals surface area contributed by atoms with Gasteiger partial charge in [0.25, 0.3) is 5.91 Å². The van der Waals surface area contributed by atoms with E-state index in [0.717, 1.165) is 36.3 Å². The molecular formula is C16H24N2O2. The van der Waals surface area contributed by atoms with E-state index < -0.39 is 0 Å². The quantitative estimate of drug-likeness (QED) is 0.868. The number of carbonyl (C=O) groups excluding carboxylic acids is 1. The fourth-order valence-electron chi connectivity index (χ4n) is 2.36. The number of nitrogens with zero attached hydrogens (tertiary/aromatic N) is 1. The van der Waals surface area contributed by atoms with E-state index in [1.165, 1.54) is 0 Å². The molecule has 110 valence electrons. The second-order valence-corrected chi connectivity index (χ2v) is 5.51. The maximum absolute atomic E-state index is 12.1. The van der Waals surface area contributed by atoms with Crippen molar-refractivity contribution in [3.63, 3.8) is 0 Å². The maximum Gasteiger partial charge on any atom is 0.260 e. The Morgan fingerprint density at radius 1 is 1.50 bits per heavy atom. The first-order valence-corrected chi connectivity index (χ1v) is 7.31. The normalized spacial score (nSPS) is 15.8. The van der Waals surface area contributed by atoms with Gasteiger partial charge in [0.1, 0.15) is 5.75 Å². The van der Waals surface area contributed by atoms with Crippen LogP contribution in [0.25, 0.3) is 0 Å². The van der Waals surface area contributed by atoms with Crippen LogP contribution in [0.2, 0.25) is 0 Å². The molecule has 0 saturated heterocycles. The molecule has 0 heterocycles. The lowest BCUT2D eigenvalue weighted by Gasteiger charge is -2.21.